The highest BCUT2D eigenvalue weighted by Gasteiger charge is 2.02. The molecule has 0 aliphatic rings. The number of rotatable bonds is 6. The number of aryl methyl sites for hydroxylation is 2. The first kappa shape index (κ1) is 14.1. The van der Waals surface area contributed by atoms with Gasteiger partial charge in [-0.2, -0.15) is 11.8 Å². The van der Waals surface area contributed by atoms with Crippen molar-refractivity contribution in [2.24, 2.45) is 0 Å². The summed E-state index contributed by atoms with van der Waals surface area (Å²) in [7, 11) is 0. The predicted molar refractivity (Wildman–Crippen MR) is 77.5 cm³/mol. The van der Waals surface area contributed by atoms with Crippen LogP contribution in [0.3, 0.4) is 0 Å². The summed E-state index contributed by atoms with van der Waals surface area (Å²) in [5.74, 6) is 1.43. The van der Waals surface area contributed by atoms with Crippen LogP contribution in [0.25, 0.3) is 0 Å². The van der Waals surface area contributed by atoms with Gasteiger partial charge in [-0.05, 0) is 47.6 Å². The molecule has 0 fully saturated rings. The Morgan fingerprint density at radius 2 is 1.11 bits per heavy atom. The second-order valence-corrected chi connectivity index (χ2v) is 5.52. The lowest BCUT2D eigenvalue weighted by Crippen LogP contribution is -1.96. The van der Waals surface area contributed by atoms with Gasteiger partial charge in [0.2, 0.25) is 0 Å². The van der Waals surface area contributed by atoms with Gasteiger partial charge in [0.1, 0.15) is 11.6 Å². The first-order valence-electron chi connectivity index (χ1n) is 6.32. The zero-order chi connectivity index (χ0) is 13.5. The molecule has 100 valence electrons. The van der Waals surface area contributed by atoms with E-state index in [1.807, 2.05) is 24.3 Å². The SMILES string of the molecule is Fc1ccccc1CCSCCc1ccccc1F. The van der Waals surface area contributed by atoms with E-state index in [9.17, 15) is 8.78 Å². The molecule has 0 saturated heterocycles. The fraction of sp³-hybridized carbons (Fsp3) is 0.250. The normalized spacial score (nSPS) is 10.6. The van der Waals surface area contributed by atoms with Crippen LogP contribution in [0.5, 0.6) is 0 Å². The van der Waals surface area contributed by atoms with Crippen LogP contribution in [0.4, 0.5) is 8.78 Å². The molecule has 0 atom stereocenters. The minimum Gasteiger partial charge on any atom is -0.207 e. The van der Waals surface area contributed by atoms with Crippen LogP contribution in [0.1, 0.15) is 11.1 Å². The molecule has 0 N–H and O–H groups in total. The van der Waals surface area contributed by atoms with Crippen molar-refractivity contribution in [3.8, 4) is 0 Å². The lowest BCUT2D eigenvalue weighted by atomic mass is 10.2. The minimum absolute atomic E-state index is 0.141. The summed E-state index contributed by atoms with van der Waals surface area (Å²) in [6.07, 6.45) is 1.43. The number of halogens is 2. The smallest absolute Gasteiger partial charge is 0.126 e. The Labute approximate surface area is 116 Å². The maximum Gasteiger partial charge on any atom is 0.126 e. The highest BCUT2D eigenvalue weighted by atomic mass is 32.2. The summed E-state index contributed by atoms with van der Waals surface area (Å²) in [6, 6.07) is 13.7. The maximum absolute atomic E-state index is 13.4. The number of hydrogen-bond donors (Lipinski definition) is 0. The molecule has 19 heavy (non-hydrogen) atoms. The van der Waals surface area contributed by atoms with E-state index in [0.717, 1.165) is 22.6 Å². The molecule has 0 unspecified atom stereocenters. The molecule has 0 aromatic heterocycles. The number of hydrogen-bond acceptors (Lipinski definition) is 1. The van der Waals surface area contributed by atoms with Crippen LogP contribution in [0.2, 0.25) is 0 Å². The molecule has 0 saturated carbocycles. The number of benzene rings is 2. The van der Waals surface area contributed by atoms with Crippen LogP contribution in [-0.4, -0.2) is 11.5 Å². The van der Waals surface area contributed by atoms with Gasteiger partial charge in [0.15, 0.2) is 0 Å². The maximum atomic E-state index is 13.4. The van der Waals surface area contributed by atoms with Gasteiger partial charge < -0.3 is 0 Å². The topological polar surface area (TPSA) is 0 Å². The fourth-order valence-electron chi connectivity index (χ4n) is 1.87. The zero-order valence-electron chi connectivity index (χ0n) is 10.6. The Hall–Kier alpha value is -1.35. The van der Waals surface area contributed by atoms with Gasteiger partial charge in [-0.3, -0.25) is 0 Å². The van der Waals surface area contributed by atoms with Crippen molar-refractivity contribution in [1.82, 2.24) is 0 Å². The standard InChI is InChI=1S/C16H16F2S/c17-15-7-3-1-5-13(15)9-11-19-12-10-14-6-2-4-8-16(14)18/h1-8H,9-12H2. The van der Waals surface area contributed by atoms with E-state index in [1.54, 1.807) is 23.9 Å². The molecule has 0 radical (unpaired) electrons. The molecule has 0 nitrogen and oxygen atoms in total. The van der Waals surface area contributed by atoms with Crippen molar-refractivity contribution in [2.45, 2.75) is 12.8 Å². The third-order valence-electron chi connectivity index (χ3n) is 2.95. The van der Waals surface area contributed by atoms with E-state index in [1.165, 1.54) is 12.1 Å². The zero-order valence-corrected chi connectivity index (χ0v) is 11.4. The Bertz CT molecular complexity index is 478. The van der Waals surface area contributed by atoms with Gasteiger partial charge >= 0.3 is 0 Å². The van der Waals surface area contributed by atoms with Crippen LogP contribution >= 0.6 is 11.8 Å². The van der Waals surface area contributed by atoms with Gasteiger partial charge in [-0.15, -0.1) is 0 Å². The van der Waals surface area contributed by atoms with Gasteiger partial charge in [0.25, 0.3) is 0 Å². The second kappa shape index (κ2) is 7.29. The lowest BCUT2D eigenvalue weighted by molar-refractivity contribution is 0.612. The van der Waals surface area contributed by atoms with Crippen molar-refractivity contribution in [3.63, 3.8) is 0 Å². The summed E-state index contributed by atoms with van der Waals surface area (Å²) < 4.78 is 26.7. The summed E-state index contributed by atoms with van der Waals surface area (Å²) in [4.78, 5) is 0. The molecule has 0 amide bonds. The molecular formula is C16H16F2S. The van der Waals surface area contributed by atoms with Crippen LogP contribution in [0, 0.1) is 11.6 Å². The van der Waals surface area contributed by atoms with Crippen molar-refractivity contribution < 1.29 is 8.78 Å². The Kier molecular flexibility index (Phi) is 5.40. The largest absolute Gasteiger partial charge is 0.207 e. The Morgan fingerprint density at radius 3 is 1.53 bits per heavy atom. The highest BCUT2D eigenvalue weighted by Crippen LogP contribution is 2.14. The molecule has 0 bridgehead atoms. The Morgan fingerprint density at radius 1 is 0.684 bits per heavy atom. The average molecular weight is 278 g/mol. The third-order valence-corrected chi connectivity index (χ3v) is 3.93. The molecule has 2 rings (SSSR count). The van der Waals surface area contributed by atoms with E-state index in [-0.39, 0.29) is 11.6 Å². The van der Waals surface area contributed by atoms with Gasteiger partial charge in [-0.1, -0.05) is 36.4 Å². The minimum atomic E-state index is -0.141. The highest BCUT2D eigenvalue weighted by molar-refractivity contribution is 7.99. The van der Waals surface area contributed by atoms with Crippen molar-refractivity contribution in [1.29, 1.82) is 0 Å². The van der Waals surface area contributed by atoms with Crippen molar-refractivity contribution >= 4 is 11.8 Å². The molecule has 0 aliphatic carbocycles. The second-order valence-electron chi connectivity index (χ2n) is 4.30. The van der Waals surface area contributed by atoms with E-state index in [0.29, 0.717) is 12.8 Å². The number of thioether (sulfide) groups is 1. The van der Waals surface area contributed by atoms with Crippen LogP contribution < -0.4 is 0 Å². The van der Waals surface area contributed by atoms with Gasteiger partial charge in [-0.25, -0.2) is 8.78 Å². The van der Waals surface area contributed by atoms with E-state index < -0.39 is 0 Å². The van der Waals surface area contributed by atoms with Crippen molar-refractivity contribution in [3.05, 3.63) is 71.3 Å². The van der Waals surface area contributed by atoms with Crippen LogP contribution in [-0.2, 0) is 12.8 Å². The van der Waals surface area contributed by atoms with E-state index >= 15 is 0 Å². The molecule has 0 spiro atoms. The van der Waals surface area contributed by atoms with Gasteiger partial charge in [0.05, 0.1) is 0 Å². The lowest BCUT2D eigenvalue weighted by Gasteiger charge is -2.04. The fourth-order valence-corrected chi connectivity index (χ4v) is 2.80. The predicted octanol–water partition coefficient (Wildman–Crippen LogP) is 4.48. The van der Waals surface area contributed by atoms with E-state index in [4.69, 9.17) is 0 Å². The first-order valence-corrected chi connectivity index (χ1v) is 7.47. The summed E-state index contributed by atoms with van der Waals surface area (Å²) in [5.41, 5.74) is 1.50. The van der Waals surface area contributed by atoms with E-state index in [2.05, 4.69) is 0 Å². The average Bonchev–Trinajstić information content (AvgIpc) is 2.42. The van der Waals surface area contributed by atoms with Crippen LogP contribution in [0.15, 0.2) is 48.5 Å². The molecule has 0 heterocycles. The summed E-state index contributed by atoms with van der Waals surface area (Å²) in [5, 5.41) is 0. The first-order chi connectivity index (χ1) is 9.27. The summed E-state index contributed by atoms with van der Waals surface area (Å²) in [6.45, 7) is 0. The molecule has 3 heteroatoms. The monoisotopic (exact) mass is 278 g/mol. The summed E-state index contributed by atoms with van der Waals surface area (Å²) >= 11 is 1.73. The third kappa shape index (κ3) is 4.35. The molecule has 2 aromatic carbocycles. The molecule has 2 aromatic rings. The quantitative estimate of drug-likeness (QED) is 0.702. The molecular weight excluding hydrogens is 262 g/mol. The van der Waals surface area contributed by atoms with Crippen molar-refractivity contribution in [2.75, 3.05) is 11.5 Å². The molecule has 0 aliphatic heterocycles. The van der Waals surface area contributed by atoms with Gasteiger partial charge in [0, 0.05) is 0 Å². The Balaban J connectivity index is 1.71.